The van der Waals surface area contributed by atoms with Crippen LogP contribution in [0.3, 0.4) is 0 Å². The summed E-state index contributed by atoms with van der Waals surface area (Å²) in [5, 5.41) is 33.1. The van der Waals surface area contributed by atoms with E-state index >= 15 is 0 Å². The lowest BCUT2D eigenvalue weighted by molar-refractivity contribution is -0.179. The molecule has 0 saturated carbocycles. The highest BCUT2D eigenvalue weighted by atomic mass is 32.2. The minimum atomic E-state index is -1.16. The maximum Gasteiger partial charge on any atom is 0.159 e. The number of aliphatic hydroxyl groups excluding tert-OH is 3. The van der Waals surface area contributed by atoms with Crippen LogP contribution in [0.5, 0.6) is 0 Å². The third-order valence-corrected chi connectivity index (χ3v) is 4.10. The van der Waals surface area contributed by atoms with Crippen LogP contribution in [-0.4, -0.2) is 63.4 Å². The van der Waals surface area contributed by atoms with Crippen molar-refractivity contribution in [1.29, 1.82) is 0 Å². The summed E-state index contributed by atoms with van der Waals surface area (Å²) in [6, 6.07) is -0.415. The van der Waals surface area contributed by atoms with Gasteiger partial charge in [0.25, 0.3) is 0 Å². The molecule has 2 aliphatic heterocycles. The average molecular weight is 260 g/mol. The van der Waals surface area contributed by atoms with Crippen molar-refractivity contribution in [3.63, 3.8) is 0 Å². The Morgan fingerprint density at radius 2 is 2.24 bits per heavy atom. The molecular weight excluding hydrogens is 244 g/mol. The number of thioether (sulfide) groups is 1. The summed E-state index contributed by atoms with van der Waals surface area (Å²) in [7, 11) is 1.63. The van der Waals surface area contributed by atoms with E-state index in [1.54, 1.807) is 7.05 Å². The predicted octanol–water partition coefficient (Wildman–Crippen LogP) is -1.33. The summed E-state index contributed by atoms with van der Waals surface area (Å²) < 4.78 is 5.57. The van der Waals surface area contributed by atoms with Gasteiger partial charge in [0.1, 0.15) is 29.9 Å². The second kappa shape index (κ2) is 4.95. The Balaban J connectivity index is 2.16. The van der Waals surface area contributed by atoms with Crippen LogP contribution in [0.2, 0.25) is 0 Å². The van der Waals surface area contributed by atoms with Gasteiger partial charge in [0.05, 0.1) is 6.04 Å². The molecule has 0 radical (unpaired) electrons. The number of nitrogens with zero attached hydrogens (tertiary/aromatic N) is 1. The molecule has 2 heterocycles. The Hall–Kier alpha value is -0.600. The van der Waals surface area contributed by atoms with Gasteiger partial charge in [0.2, 0.25) is 0 Å². The number of amidine groups is 1. The lowest BCUT2D eigenvalue weighted by Gasteiger charge is -2.40. The van der Waals surface area contributed by atoms with E-state index in [2.05, 4.69) is 16.9 Å². The van der Waals surface area contributed by atoms with Crippen LogP contribution in [0.1, 0.15) is 0 Å². The average Bonchev–Trinajstić information content (AvgIpc) is 2.76. The van der Waals surface area contributed by atoms with E-state index in [1.165, 1.54) is 17.8 Å². The summed E-state index contributed by atoms with van der Waals surface area (Å²) >= 11 is 1.33. The summed E-state index contributed by atoms with van der Waals surface area (Å²) in [6.45, 7) is 3.44. The summed E-state index contributed by atoms with van der Waals surface area (Å²) in [5.74, 6) is 0. The Morgan fingerprint density at radius 3 is 2.82 bits per heavy atom. The highest BCUT2D eigenvalue weighted by molar-refractivity contribution is 8.14. The molecule has 2 aliphatic rings. The van der Waals surface area contributed by atoms with Gasteiger partial charge in [0.15, 0.2) is 5.17 Å². The van der Waals surface area contributed by atoms with Gasteiger partial charge in [-0.3, -0.25) is 4.99 Å². The molecule has 0 aromatic rings. The first kappa shape index (κ1) is 12.8. The van der Waals surface area contributed by atoms with Crippen molar-refractivity contribution in [3.05, 3.63) is 12.7 Å². The number of nitrogens with one attached hydrogen (secondary N) is 1. The van der Waals surface area contributed by atoms with Crippen LogP contribution in [0.4, 0.5) is 0 Å². The highest BCUT2D eigenvalue weighted by Gasteiger charge is 2.50. The van der Waals surface area contributed by atoms with E-state index in [9.17, 15) is 15.3 Å². The molecule has 0 bridgehead atoms. The standard InChI is InChI=1S/C10H16N2O4S/c1-3-4(13)8-7(15)6(14)5-9(16-8)17-10(11-2)12-5/h3-9,13-15H,1H2,2H3,(H,11,12). The molecule has 0 aromatic carbocycles. The van der Waals surface area contributed by atoms with E-state index in [4.69, 9.17) is 4.74 Å². The Bertz CT molecular complexity index is 338. The molecule has 0 spiro atoms. The van der Waals surface area contributed by atoms with Gasteiger partial charge in [-0.1, -0.05) is 17.8 Å². The second-order valence-corrected chi connectivity index (χ2v) is 5.08. The molecule has 7 heteroatoms. The number of fused-ring (bicyclic) bond motifs is 1. The van der Waals surface area contributed by atoms with Crippen molar-refractivity contribution in [2.24, 2.45) is 4.99 Å². The van der Waals surface area contributed by atoms with Gasteiger partial charge in [0, 0.05) is 7.05 Å². The predicted molar refractivity (Wildman–Crippen MR) is 64.8 cm³/mol. The first-order chi connectivity index (χ1) is 8.08. The number of rotatable bonds is 2. The molecule has 0 aliphatic carbocycles. The van der Waals surface area contributed by atoms with Gasteiger partial charge < -0.3 is 25.4 Å². The molecule has 0 aromatic heterocycles. The molecule has 4 N–H and O–H groups in total. The number of ether oxygens (including phenoxy) is 1. The normalized spacial score (nSPS) is 45.2. The van der Waals surface area contributed by atoms with Crippen LogP contribution in [-0.2, 0) is 4.74 Å². The summed E-state index contributed by atoms with van der Waals surface area (Å²) in [4.78, 5) is 3.97. The van der Waals surface area contributed by atoms with E-state index in [0.717, 1.165) is 0 Å². The largest absolute Gasteiger partial charge is 0.388 e. The Kier molecular flexibility index (Phi) is 3.74. The topological polar surface area (TPSA) is 94.3 Å². The van der Waals surface area contributed by atoms with Crippen molar-refractivity contribution in [3.8, 4) is 0 Å². The minimum Gasteiger partial charge on any atom is -0.388 e. The lowest BCUT2D eigenvalue weighted by Crippen LogP contribution is -2.61. The maximum atomic E-state index is 9.97. The van der Waals surface area contributed by atoms with E-state index in [-0.39, 0.29) is 5.44 Å². The van der Waals surface area contributed by atoms with Gasteiger partial charge in [-0.2, -0.15) is 0 Å². The fourth-order valence-electron chi connectivity index (χ4n) is 1.96. The third kappa shape index (κ3) is 2.21. The smallest absolute Gasteiger partial charge is 0.159 e. The lowest BCUT2D eigenvalue weighted by atomic mass is 9.95. The molecular formula is C10H16N2O4S. The van der Waals surface area contributed by atoms with Crippen LogP contribution < -0.4 is 5.32 Å². The zero-order valence-corrected chi connectivity index (χ0v) is 10.2. The minimum absolute atomic E-state index is 0.369. The van der Waals surface area contributed by atoms with Gasteiger partial charge >= 0.3 is 0 Å². The second-order valence-electron chi connectivity index (χ2n) is 3.99. The third-order valence-electron chi connectivity index (χ3n) is 2.94. The fourth-order valence-corrected chi connectivity index (χ4v) is 3.05. The number of aliphatic imine (C=N–C) groups is 1. The van der Waals surface area contributed by atoms with Crippen LogP contribution >= 0.6 is 11.8 Å². The fraction of sp³-hybridized carbons (Fsp3) is 0.700. The zero-order valence-electron chi connectivity index (χ0n) is 9.35. The molecule has 2 saturated heterocycles. The van der Waals surface area contributed by atoms with Crippen LogP contribution in [0.15, 0.2) is 17.6 Å². The van der Waals surface area contributed by atoms with Gasteiger partial charge in [-0.25, -0.2) is 0 Å². The highest BCUT2D eigenvalue weighted by Crippen LogP contribution is 2.34. The molecule has 17 heavy (non-hydrogen) atoms. The first-order valence-corrected chi connectivity index (χ1v) is 6.18. The first-order valence-electron chi connectivity index (χ1n) is 5.30. The van der Waals surface area contributed by atoms with Crippen molar-refractivity contribution in [2.45, 2.75) is 35.9 Å². The summed E-state index contributed by atoms with van der Waals surface area (Å²) in [6.07, 6.45) is -2.77. The Labute approximate surface area is 103 Å². The monoisotopic (exact) mass is 260 g/mol. The molecule has 6 atom stereocenters. The zero-order chi connectivity index (χ0) is 12.6. The number of aliphatic hydroxyl groups is 3. The molecule has 96 valence electrons. The van der Waals surface area contributed by atoms with E-state index in [1.807, 2.05) is 0 Å². The molecule has 6 unspecified atom stereocenters. The molecule has 6 nitrogen and oxygen atoms in total. The van der Waals surface area contributed by atoms with Crippen molar-refractivity contribution in [2.75, 3.05) is 7.05 Å². The van der Waals surface area contributed by atoms with E-state index < -0.39 is 30.5 Å². The van der Waals surface area contributed by atoms with Crippen LogP contribution in [0.25, 0.3) is 0 Å². The van der Waals surface area contributed by atoms with Crippen molar-refractivity contribution in [1.82, 2.24) is 5.32 Å². The summed E-state index contributed by atoms with van der Waals surface area (Å²) in [5.41, 5.74) is -0.369. The number of hydrogen-bond acceptors (Lipinski definition) is 6. The van der Waals surface area contributed by atoms with Crippen molar-refractivity contribution < 1.29 is 20.1 Å². The van der Waals surface area contributed by atoms with E-state index in [0.29, 0.717) is 5.17 Å². The van der Waals surface area contributed by atoms with Gasteiger partial charge in [-0.15, -0.1) is 6.58 Å². The number of hydrogen-bond donors (Lipinski definition) is 4. The SMILES string of the molecule is C=CC(O)C1OC2SC(=NC)NC2C(O)C1O. The molecule has 2 fully saturated rings. The van der Waals surface area contributed by atoms with Gasteiger partial charge in [-0.05, 0) is 0 Å². The molecule has 0 amide bonds. The maximum absolute atomic E-state index is 9.97. The quantitative estimate of drug-likeness (QED) is 0.460. The van der Waals surface area contributed by atoms with Crippen molar-refractivity contribution >= 4 is 16.9 Å². The Morgan fingerprint density at radius 1 is 1.53 bits per heavy atom. The molecule has 2 rings (SSSR count). The van der Waals surface area contributed by atoms with Crippen LogP contribution in [0, 0.1) is 0 Å².